The van der Waals surface area contributed by atoms with E-state index in [1.165, 1.54) is 44.8 Å². The van der Waals surface area contributed by atoms with Gasteiger partial charge in [0, 0.05) is 41.2 Å². The van der Waals surface area contributed by atoms with Crippen molar-refractivity contribution in [3.05, 3.63) is 69.9 Å². The monoisotopic (exact) mass is 688 g/mol. The van der Waals surface area contributed by atoms with Crippen molar-refractivity contribution in [1.82, 2.24) is 19.3 Å². The number of imidazole rings is 1. The van der Waals surface area contributed by atoms with E-state index in [-0.39, 0.29) is 36.7 Å². The zero-order chi connectivity index (χ0) is 35.4. The minimum Gasteiger partial charge on any atom is -0.494 e. The number of nitrogens with one attached hydrogen (secondary N) is 1. The molecule has 256 valence electrons. The number of carbonyl (C=O) groups excluding carboxylic acids is 3. The average molecular weight is 689 g/mol. The Kier molecular flexibility index (Phi) is 10.3. The van der Waals surface area contributed by atoms with Crippen LogP contribution in [-0.2, 0) is 24.3 Å². The van der Waals surface area contributed by atoms with E-state index in [0.29, 0.717) is 57.5 Å². The van der Waals surface area contributed by atoms with Crippen molar-refractivity contribution < 1.29 is 38.5 Å². The van der Waals surface area contributed by atoms with Gasteiger partial charge in [-0.1, -0.05) is 12.2 Å². The van der Waals surface area contributed by atoms with Crippen LogP contribution in [0.5, 0.6) is 17.2 Å². The van der Waals surface area contributed by atoms with Crippen LogP contribution in [0.15, 0.2) is 42.5 Å². The lowest BCUT2D eigenvalue weighted by molar-refractivity contribution is -0.136. The summed E-state index contributed by atoms with van der Waals surface area (Å²) in [6.45, 7) is 4.38. The summed E-state index contributed by atoms with van der Waals surface area (Å²) < 4.78 is 20.7. The number of hydrogen-bond acceptors (Lipinski definition) is 10. The number of anilines is 1. The number of amides is 2. The molecule has 0 unspecified atom stereocenters. The molecule has 3 heterocycles. The lowest BCUT2D eigenvalue weighted by atomic mass is 10.0. The van der Waals surface area contributed by atoms with Crippen molar-refractivity contribution in [2.24, 2.45) is 5.73 Å². The molecular weight excluding hydrogens is 652 g/mol. The van der Waals surface area contributed by atoms with Crippen LogP contribution in [0.4, 0.5) is 5.95 Å². The largest absolute Gasteiger partial charge is 0.494 e. The second kappa shape index (κ2) is 14.6. The highest BCUT2D eigenvalue weighted by atomic mass is 32.1. The minimum atomic E-state index is -1.05. The van der Waals surface area contributed by atoms with Gasteiger partial charge in [-0.15, -0.1) is 11.3 Å². The van der Waals surface area contributed by atoms with Gasteiger partial charge in [0.2, 0.25) is 11.9 Å². The number of methoxy groups -OCH3 is 3. The number of Topliss-reactive ketones (excluding diaryl/α,β-unsaturated/α-hetero) is 1. The number of aryl methyl sites for hydroxylation is 2. The number of ketones is 1. The summed E-state index contributed by atoms with van der Waals surface area (Å²) in [6, 6.07) is 8.34. The van der Waals surface area contributed by atoms with E-state index in [4.69, 9.17) is 19.9 Å². The number of benzene rings is 2. The van der Waals surface area contributed by atoms with Crippen molar-refractivity contribution in [3.63, 3.8) is 0 Å². The van der Waals surface area contributed by atoms with Crippen LogP contribution in [0.2, 0.25) is 0 Å². The van der Waals surface area contributed by atoms with Crippen LogP contribution in [0.1, 0.15) is 61.5 Å². The van der Waals surface area contributed by atoms with Gasteiger partial charge in [0.05, 0.1) is 43.8 Å². The number of fused-ring (bicyclic) bond motifs is 2. The Bertz CT molecular complexity index is 2130. The summed E-state index contributed by atoms with van der Waals surface area (Å²) in [5, 5.41) is 17.2. The maximum Gasteiger partial charge on any atom is 0.303 e. The Morgan fingerprint density at radius 3 is 2.35 bits per heavy atom. The van der Waals surface area contributed by atoms with Crippen molar-refractivity contribution in [2.75, 3.05) is 26.6 Å². The molecule has 2 amide bonds. The first-order valence-electron chi connectivity index (χ1n) is 15.3. The number of nitrogens with zero attached hydrogens (tertiary/aromatic N) is 4. The molecule has 0 spiro atoms. The SMILES string of the molecule is CCn1nc(C)cc1C(=O)Nc1nc2cc(C(N)=O)cc(OC)c2n1C/C=C/Cc1c(C(=O)CCC(=O)O)sc2cc(OC)c(OC)cc12. The lowest BCUT2D eigenvalue weighted by Crippen LogP contribution is -2.20. The number of aliphatic carboxylic acids is 1. The van der Waals surface area contributed by atoms with Gasteiger partial charge in [0.15, 0.2) is 17.3 Å². The zero-order valence-corrected chi connectivity index (χ0v) is 28.5. The number of nitrogens with two attached hydrogens (primary N) is 1. The second-order valence-corrected chi connectivity index (χ2v) is 12.1. The number of primary amides is 1. The van der Waals surface area contributed by atoms with E-state index in [1.54, 1.807) is 28.3 Å². The molecule has 14 nitrogen and oxygen atoms in total. The molecule has 0 radical (unpaired) electrons. The fourth-order valence-corrected chi connectivity index (χ4v) is 6.76. The van der Waals surface area contributed by atoms with Crippen LogP contribution in [0, 0.1) is 6.92 Å². The standard InChI is InChI=1S/C34H36N6O8S/c1-6-40-23(13-18(2)38-40)33(45)37-34-36-22-14-19(32(35)44)15-27(48-5)30(22)39(34)12-8-7-9-20-21-16-25(46-3)26(47-4)17-28(21)49-31(20)24(41)10-11-29(42)43/h7-8,13-17H,6,9-12H2,1-5H3,(H2,35,44)(H,42,43)(H,36,37,45)/b8-7+. The third-order valence-corrected chi connectivity index (χ3v) is 9.10. The van der Waals surface area contributed by atoms with E-state index >= 15 is 0 Å². The highest BCUT2D eigenvalue weighted by Gasteiger charge is 2.23. The molecule has 0 bridgehead atoms. The molecule has 3 aromatic heterocycles. The van der Waals surface area contributed by atoms with Crippen LogP contribution < -0.4 is 25.3 Å². The first-order valence-corrected chi connectivity index (χ1v) is 16.1. The number of allylic oxidation sites excluding steroid dienone is 2. The molecule has 4 N–H and O–H groups in total. The number of carbonyl (C=O) groups is 4. The topological polar surface area (TPSA) is 190 Å². The molecule has 15 heteroatoms. The maximum atomic E-state index is 13.4. The molecule has 0 aliphatic heterocycles. The van der Waals surface area contributed by atoms with Gasteiger partial charge in [-0.05, 0) is 50.1 Å². The Morgan fingerprint density at radius 1 is 0.980 bits per heavy atom. The van der Waals surface area contributed by atoms with Gasteiger partial charge in [0.25, 0.3) is 5.91 Å². The molecule has 2 aromatic carbocycles. The third kappa shape index (κ3) is 7.11. The second-order valence-electron chi connectivity index (χ2n) is 11.0. The number of carboxylic acid groups (broad SMARTS) is 1. The molecule has 0 saturated carbocycles. The van der Waals surface area contributed by atoms with E-state index in [1.807, 2.05) is 25.1 Å². The minimum absolute atomic E-state index is 0.138. The molecule has 0 atom stereocenters. The van der Waals surface area contributed by atoms with Crippen LogP contribution >= 0.6 is 11.3 Å². The van der Waals surface area contributed by atoms with E-state index in [0.717, 1.165) is 15.6 Å². The maximum absolute atomic E-state index is 13.4. The Balaban J connectivity index is 1.54. The summed E-state index contributed by atoms with van der Waals surface area (Å²) in [7, 11) is 4.51. The van der Waals surface area contributed by atoms with Gasteiger partial charge in [-0.2, -0.15) is 5.10 Å². The first kappa shape index (κ1) is 34.6. The first-order chi connectivity index (χ1) is 23.5. The number of hydrogen-bond donors (Lipinski definition) is 3. The normalized spacial score (nSPS) is 11.4. The molecule has 0 saturated heterocycles. The Morgan fingerprint density at radius 2 is 1.69 bits per heavy atom. The number of aromatic nitrogens is 4. The quantitative estimate of drug-likeness (QED) is 0.0997. The smallest absolute Gasteiger partial charge is 0.303 e. The van der Waals surface area contributed by atoms with E-state index in [9.17, 15) is 24.3 Å². The number of carboxylic acids is 1. The predicted molar refractivity (Wildman–Crippen MR) is 184 cm³/mol. The fourth-order valence-electron chi connectivity index (χ4n) is 5.55. The van der Waals surface area contributed by atoms with E-state index in [2.05, 4.69) is 15.4 Å². The predicted octanol–water partition coefficient (Wildman–Crippen LogP) is 5.00. The highest BCUT2D eigenvalue weighted by molar-refractivity contribution is 7.21. The van der Waals surface area contributed by atoms with Crippen molar-refractivity contribution in [2.45, 2.75) is 46.2 Å². The van der Waals surface area contributed by atoms with Gasteiger partial charge >= 0.3 is 5.97 Å². The zero-order valence-electron chi connectivity index (χ0n) is 27.7. The molecule has 5 aromatic rings. The molecule has 0 fully saturated rings. The lowest BCUT2D eigenvalue weighted by Gasteiger charge is -2.11. The molecule has 5 rings (SSSR count). The third-order valence-electron chi connectivity index (χ3n) is 7.86. The van der Waals surface area contributed by atoms with Gasteiger partial charge < -0.3 is 29.6 Å². The fraction of sp³-hybridized carbons (Fsp3) is 0.294. The van der Waals surface area contributed by atoms with Gasteiger partial charge in [-0.25, -0.2) is 4.98 Å². The van der Waals surface area contributed by atoms with Crippen LogP contribution in [-0.4, -0.2) is 69.3 Å². The van der Waals surface area contributed by atoms with E-state index < -0.39 is 17.8 Å². The van der Waals surface area contributed by atoms with Crippen molar-refractivity contribution >= 4 is 62.0 Å². The summed E-state index contributed by atoms with van der Waals surface area (Å²) in [6.07, 6.45) is 3.64. The summed E-state index contributed by atoms with van der Waals surface area (Å²) >= 11 is 1.27. The van der Waals surface area contributed by atoms with Crippen LogP contribution in [0.3, 0.4) is 0 Å². The number of rotatable bonds is 15. The number of ether oxygens (including phenoxy) is 3. The number of thiophene rings is 1. The van der Waals surface area contributed by atoms with Crippen molar-refractivity contribution in [3.8, 4) is 17.2 Å². The van der Waals surface area contributed by atoms with Gasteiger partial charge in [0.1, 0.15) is 17.0 Å². The van der Waals surface area contributed by atoms with Gasteiger partial charge in [-0.3, -0.25) is 29.2 Å². The summed E-state index contributed by atoms with van der Waals surface area (Å²) in [5.41, 5.74) is 8.43. The highest BCUT2D eigenvalue weighted by Crippen LogP contribution is 2.40. The molecule has 0 aliphatic carbocycles. The summed E-state index contributed by atoms with van der Waals surface area (Å²) in [4.78, 5) is 55.0. The molecule has 49 heavy (non-hydrogen) atoms. The molecular formula is C34H36N6O8S. The summed E-state index contributed by atoms with van der Waals surface area (Å²) in [5.74, 6) is -0.865. The van der Waals surface area contributed by atoms with Crippen LogP contribution in [0.25, 0.3) is 21.1 Å². The average Bonchev–Trinajstić information content (AvgIpc) is 3.76. The Hall–Kier alpha value is -5.70. The molecule has 0 aliphatic rings. The Labute approximate surface area is 285 Å². The van der Waals surface area contributed by atoms with Crippen molar-refractivity contribution in [1.29, 1.82) is 0 Å².